The molecule has 148 valence electrons. The minimum atomic E-state index is -2.38. The maximum absolute atomic E-state index is 10.2. The lowest BCUT2D eigenvalue weighted by molar-refractivity contribution is -0.398. The lowest BCUT2D eigenvalue weighted by Crippen LogP contribution is -2.66. The van der Waals surface area contributed by atoms with E-state index in [4.69, 9.17) is 25.8 Å². The van der Waals surface area contributed by atoms with Crippen LogP contribution in [0.3, 0.4) is 0 Å². The van der Waals surface area contributed by atoms with Crippen LogP contribution >= 0.6 is 0 Å². The van der Waals surface area contributed by atoms with Gasteiger partial charge in [0.15, 0.2) is 12.5 Å². The highest BCUT2D eigenvalue weighted by atomic mass is 16.8. The molecule has 13 nitrogen and oxygen atoms in total. The smallest absolute Gasteiger partial charge is 0.242 e. The van der Waals surface area contributed by atoms with Gasteiger partial charge in [0, 0.05) is 0 Å². The van der Waals surface area contributed by atoms with Crippen molar-refractivity contribution in [3.05, 3.63) is 0 Å². The van der Waals surface area contributed by atoms with Crippen LogP contribution < -0.4 is 11.6 Å². The molecular weight excluding hydrogens is 348 g/mol. The second-order valence-electron chi connectivity index (χ2n) is 5.87. The molecular formula is C12H24N2O11. The molecule has 0 aromatic carbocycles. The van der Waals surface area contributed by atoms with Gasteiger partial charge in [-0.15, -0.1) is 0 Å². The normalized spacial score (nSPS) is 49.3. The molecule has 1 unspecified atom stereocenters. The molecule has 11 N–H and O–H groups in total. The number of ether oxygens (including phenoxy) is 3. The molecule has 2 fully saturated rings. The van der Waals surface area contributed by atoms with Crippen molar-refractivity contribution in [3.63, 3.8) is 0 Å². The molecule has 0 aliphatic carbocycles. The molecule has 0 bridgehead atoms. The molecule has 2 rings (SSSR count). The molecule has 0 spiro atoms. The Morgan fingerprint density at radius 1 is 0.920 bits per heavy atom. The zero-order valence-electron chi connectivity index (χ0n) is 13.0. The third-order valence-electron chi connectivity index (χ3n) is 4.32. The van der Waals surface area contributed by atoms with E-state index in [1.807, 2.05) is 0 Å². The van der Waals surface area contributed by atoms with Crippen molar-refractivity contribution < 1.29 is 54.8 Å². The van der Waals surface area contributed by atoms with Crippen LogP contribution in [-0.4, -0.2) is 110 Å². The van der Waals surface area contributed by atoms with Gasteiger partial charge in [-0.25, -0.2) is 5.90 Å². The summed E-state index contributed by atoms with van der Waals surface area (Å²) in [6, 6.07) is 0. The SMILES string of the molecule is NOC(N)[C@@]1(O[C@H]2O[C@H](CO)[C@@H](O)[C@H](O)[C@H]2O)O[C@H](CO)[C@@H](O)[C@@H]1O. The van der Waals surface area contributed by atoms with Gasteiger partial charge >= 0.3 is 0 Å². The summed E-state index contributed by atoms with van der Waals surface area (Å²) in [4.78, 5) is 4.40. The summed E-state index contributed by atoms with van der Waals surface area (Å²) in [5.41, 5.74) is 5.63. The van der Waals surface area contributed by atoms with Gasteiger partial charge in [-0.3, -0.25) is 10.6 Å². The van der Waals surface area contributed by atoms with Gasteiger partial charge in [-0.1, -0.05) is 0 Å². The Balaban J connectivity index is 2.28. The fourth-order valence-corrected chi connectivity index (χ4v) is 2.80. The fourth-order valence-electron chi connectivity index (χ4n) is 2.80. The average molecular weight is 372 g/mol. The maximum Gasteiger partial charge on any atom is 0.242 e. The average Bonchev–Trinajstić information content (AvgIpc) is 2.86. The van der Waals surface area contributed by atoms with E-state index in [0.29, 0.717) is 0 Å². The van der Waals surface area contributed by atoms with E-state index in [-0.39, 0.29) is 0 Å². The molecule has 0 amide bonds. The molecule has 10 atom stereocenters. The van der Waals surface area contributed by atoms with Gasteiger partial charge in [0.1, 0.15) is 42.7 Å². The standard InChI is InChI=1S/C12H24N2O11/c13-11(25-14)12(9(21)6(18)4(2-16)23-12)24-10-8(20)7(19)5(17)3(1-15)22-10/h3-11,15-21H,1-2,13-14H2/t3-,4-,5-,6-,7+,8-,9+,10-,11?,12-/m1/s1. The van der Waals surface area contributed by atoms with E-state index in [9.17, 15) is 35.7 Å². The predicted molar refractivity (Wildman–Crippen MR) is 74.8 cm³/mol. The van der Waals surface area contributed by atoms with Gasteiger partial charge in [0.05, 0.1) is 13.2 Å². The quantitative estimate of drug-likeness (QED) is 0.156. The number of hydrogen-bond donors (Lipinski definition) is 9. The topological polar surface area (TPSA) is 231 Å². The number of rotatable bonds is 6. The van der Waals surface area contributed by atoms with Crippen molar-refractivity contribution in [2.24, 2.45) is 11.6 Å². The molecule has 0 aromatic heterocycles. The molecule has 0 aromatic rings. The summed E-state index contributed by atoms with van der Waals surface area (Å²) >= 11 is 0. The highest BCUT2D eigenvalue weighted by Crippen LogP contribution is 2.38. The first-order chi connectivity index (χ1) is 11.7. The summed E-state index contributed by atoms with van der Waals surface area (Å²) < 4.78 is 15.7. The van der Waals surface area contributed by atoms with Crippen LogP contribution in [0.1, 0.15) is 0 Å². The van der Waals surface area contributed by atoms with Crippen molar-refractivity contribution in [3.8, 4) is 0 Å². The minimum absolute atomic E-state index is 0.713. The van der Waals surface area contributed by atoms with Gasteiger partial charge < -0.3 is 50.0 Å². The maximum atomic E-state index is 10.2. The fraction of sp³-hybridized carbons (Fsp3) is 1.00. The number of nitrogens with two attached hydrogens (primary N) is 2. The third-order valence-corrected chi connectivity index (χ3v) is 4.32. The van der Waals surface area contributed by atoms with E-state index in [2.05, 4.69) is 4.84 Å². The molecule has 2 heterocycles. The molecule has 2 saturated heterocycles. The molecule has 13 heteroatoms. The minimum Gasteiger partial charge on any atom is -0.394 e. The summed E-state index contributed by atoms with van der Waals surface area (Å²) in [6.45, 7) is -1.43. The van der Waals surface area contributed by atoms with Crippen LogP contribution in [0.4, 0.5) is 0 Å². The van der Waals surface area contributed by atoms with Gasteiger partial charge in [0.2, 0.25) is 5.79 Å². The zero-order valence-corrected chi connectivity index (χ0v) is 13.0. The second-order valence-corrected chi connectivity index (χ2v) is 5.87. The van der Waals surface area contributed by atoms with Crippen LogP contribution in [0, 0.1) is 0 Å². The van der Waals surface area contributed by atoms with Crippen LogP contribution in [-0.2, 0) is 19.0 Å². The third kappa shape index (κ3) is 3.52. The van der Waals surface area contributed by atoms with Crippen LogP contribution in [0.5, 0.6) is 0 Å². The number of aliphatic hydroxyl groups is 7. The van der Waals surface area contributed by atoms with Crippen molar-refractivity contribution >= 4 is 0 Å². The van der Waals surface area contributed by atoms with Crippen LogP contribution in [0.15, 0.2) is 0 Å². The first-order valence-electron chi connectivity index (χ1n) is 7.47. The Morgan fingerprint density at radius 2 is 1.52 bits per heavy atom. The summed E-state index contributed by atoms with van der Waals surface area (Å²) in [6.07, 6.45) is -14.8. The predicted octanol–water partition coefficient (Wildman–Crippen LogP) is -6.21. The number of hydrogen-bond acceptors (Lipinski definition) is 13. The highest BCUT2D eigenvalue weighted by molar-refractivity contribution is 5.01. The van der Waals surface area contributed by atoms with E-state index >= 15 is 0 Å². The molecule has 0 radical (unpaired) electrons. The zero-order chi connectivity index (χ0) is 18.9. The summed E-state index contributed by atoms with van der Waals surface area (Å²) in [5, 5.41) is 68.1. The Bertz CT molecular complexity index is 443. The van der Waals surface area contributed by atoms with E-state index in [1.54, 1.807) is 0 Å². The highest BCUT2D eigenvalue weighted by Gasteiger charge is 2.62. The van der Waals surface area contributed by atoms with Crippen molar-refractivity contribution in [1.82, 2.24) is 0 Å². The molecule has 25 heavy (non-hydrogen) atoms. The Morgan fingerprint density at radius 3 is 2.00 bits per heavy atom. The Hall–Kier alpha value is -0.520. The molecule has 2 aliphatic rings. The molecule has 0 saturated carbocycles. The van der Waals surface area contributed by atoms with E-state index in [1.165, 1.54) is 0 Å². The van der Waals surface area contributed by atoms with Crippen molar-refractivity contribution in [1.29, 1.82) is 0 Å². The first-order valence-corrected chi connectivity index (χ1v) is 7.47. The lowest BCUT2D eigenvalue weighted by Gasteiger charge is -2.44. The van der Waals surface area contributed by atoms with E-state index < -0.39 is 74.2 Å². The largest absolute Gasteiger partial charge is 0.394 e. The first kappa shape index (κ1) is 20.8. The van der Waals surface area contributed by atoms with Crippen LogP contribution in [0.2, 0.25) is 0 Å². The molecule has 2 aliphatic heterocycles. The van der Waals surface area contributed by atoms with Gasteiger partial charge in [-0.2, -0.15) is 0 Å². The van der Waals surface area contributed by atoms with Crippen LogP contribution in [0.25, 0.3) is 0 Å². The summed E-state index contributed by atoms with van der Waals surface area (Å²) in [7, 11) is 0. The van der Waals surface area contributed by atoms with Crippen molar-refractivity contribution in [2.45, 2.75) is 61.0 Å². The second kappa shape index (κ2) is 8.01. The summed E-state index contributed by atoms with van der Waals surface area (Å²) in [5.74, 6) is 2.62. The Labute approximate surface area is 141 Å². The Kier molecular flexibility index (Phi) is 6.66. The van der Waals surface area contributed by atoms with Gasteiger partial charge in [0.25, 0.3) is 0 Å². The monoisotopic (exact) mass is 372 g/mol. The lowest BCUT2D eigenvalue weighted by atomic mass is 9.98. The van der Waals surface area contributed by atoms with Crippen molar-refractivity contribution in [2.75, 3.05) is 13.2 Å². The van der Waals surface area contributed by atoms with E-state index in [0.717, 1.165) is 0 Å². The van der Waals surface area contributed by atoms with Gasteiger partial charge in [-0.05, 0) is 0 Å². The number of aliphatic hydroxyl groups excluding tert-OH is 7.